The first kappa shape index (κ1) is 30.6. The second-order valence-corrected chi connectivity index (χ2v) is 11.9. The van der Waals surface area contributed by atoms with E-state index in [4.69, 9.17) is 4.74 Å². The smallest absolute Gasteiger partial charge is 0.255 e. The van der Waals surface area contributed by atoms with Gasteiger partial charge in [0.15, 0.2) is 0 Å². The van der Waals surface area contributed by atoms with Gasteiger partial charge in [-0.05, 0) is 64.4 Å². The lowest BCUT2D eigenvalue weighted by molar-refractivity contribution is -0.321. The first-order valence-corrected chi connectivity index (χ1v) is 13.7. The summed E-state index contributed by atoms with van der Waals surface area (Å²) in [5.41, 5.74) is 0.724. The lowest BCUT2D eigenvalue weighted by atomic mass is 9.96. The van der Waals surface area contributed by atoms with Crippen molar-refractivity contribution in [3.8, 4) is 0 Å². The number of hydrogen-bond acceptors (Lipinski definition) is 8. The van der Waals surface area contributed by atoms with Crippen molar-refractivity contribution in [3.63, 3.8) is 0 Å². The fourth-order valence-electron chi connectivity index (χ4n) is 5.89. The highest BCUT2D eigenvalue weighted by Gasteiger charge is 2.46. The third-order valence-electron chi connectivity index (χ3n) is 7.52. The van der Waals surface area contributed by atoms with Crippen LogP contribution in [0, 0.1) is 5.82 Å². The van der Waals surface area contributed by atoms with Crippen LogP contribution in [0.15, 0.2) is 36.4 Å². The van der Waals surface area contributed by atoms with Gasteiger partial charge in [-0.3, -0.25) is 9.59 Å². The number of rotatable bonds is 10. The normalized spacial score (nSPS) is 19.0. The number of nitrogens with zero attached hydrogens (tertiary/aromatic N) is 2. The molecule has 4 N–H and O–H groups in total. The number of aliphatic hydroxyl groups is 2. The van der Waals surface area contributed by atoms with Crippen LogP contribution in [0.1, 0.15) is 67.6 Å². The topological polar surface area (TPSA) is 131 Å². The molecule has 10 nitrogen and oxygen atoms in total. The molecule has 11 heteroatoms. The molecule has 1 fully saturated rings. The fraction of sp³-hybridized carbons (Fsp3) is 0.500. The van der Waals surface area contributed by atoms with Crippen molar-refractivity contribution in [2.24, 2.45) is 0 Å². The van der Waals surface area contributed by atoms with Crippen LogP contribution in [0.4, 0.5) is 10.1 Å². The standard InChI is InChI=1S/C30H39FN4O6/c1-28(2)17-34(18-29(3,4)41-28)30(39,40)20-11-12-23(31)19(14-20)15-33-24-9-6-8-21-22(24)16-35(27(21)38)25(10-7-13-36)26(37)32-5/h6,8-9,11-14,25,33,39-40H,7,10,15-18H2,1-5H3,(H,32,37). The Labute approximate surface area is 239 Å². The molecule has 41 heavy (non-hydrogen) atoms. The van der Waals surface area contributed by atoms with E-state index < -0.39 is 29.0 Å². The molecule has 4 rings (SSSR count). The third kappa shape index (κ3) is 6.43. The lowest BCUT2D eigenvalue weighted by Crippen LogP contribution is -2.63. The monoisotopic (exact) mass is 570 g/mol. The molecule has 0 saturated carbocycles. The van der Waals surface area contributed by atoms with E-state index in [9.17, 15) is 29.0 Å². The predicted molar refractivity (Wildman–Crippen MR) is 150 cm³/mol. The van der Waals surface area contributed by atoms with Crippen molar-refractivity contribution in [1.82, 2.24) is 15.1 Å². The van der Waals surface area contributed by atoms with Crippen molar-refractivity contribution in [2.75, 3.05) is 25.5 Å². The van der Waals surface area contributed by atoms with Gasteiger partial charge in [-0.1, -0.05) is 6.07 Å². The molecule has 0 aromatic heterocycles. The number of aldehydes is 1. The van der Waals surface area contributed by atoms with Gasteiger partial charge in [0, 0.05) is 67.6 Å². The number of anilines is 1. The molecule has 0 aliphatic carbocycles. The highest BCUT2D eigenvalue weighted by molar-refractivity contribution is 6.02. The molecule has 1 saturated heterocycles. The maximum absolute atomic E-state index is 14.9. The number of hydrogen-bond donors (Lipinski definition) is 4. The quantitative estimate of drug-likeness (QED) is 0.253. The van der Waals surface area contributed by atoms with Crippen molar-refractivity contribution < 1.29 is 33.7 Å². The largest absolute Gasteiger partial charge is 0.381 e. The van der Waals surface area contributed by atoms with Gasteiger partial charge in [-0.15, -0.1) is 0 Å². The molecule has 222 valence electrons. The maximum Gasteiger partial charge on any atom is 0.255 e. The van der Waals surface area contributed by atoms with Gasteiger partial charge in [-0.25, -0.2) is 9.29 Å². The van der Waals surface area contributed by atoms with Crippen molar-refractivity contribution in [2.45, 2.75) is 76.8 Å². The summed E-state index contributed by atoms with van der Waals surface area (Å²) in [4.78, 5) is 39.6. The van der Waals surface area contributed by atoms with Crippen LogP contribution in [0.3, 0.4) is 0 Å². The molecule has 1 atom stereocenters. The van der Waals surface area contributed by atoms with E-state index in [1.165, 1.54) is 35.0 Å². The minimum absolute atomic E-state index is 0.00448. The number of halogens is 1. The van der Waals surface area contributed by atoms with E-state index in [1.807, 2.05) is 27.7 Å². The van der Waals surface area contributed by atoms with E-state index >= 15 is 0 Å². The van der Waals surface area contributed by atoms with E-state index in [0.29, 0.717) is 23.1 Å². The highest BCUT2D eigenvalue weighted by Crippen LogP contribution is 2.36. The lowest BCUT2D eigenvalue weighted by Gasteiger charge is -2.50. The number of carbonyl (C=O) groups excluding carboxylic acids is 3. The number of amides is 2. The molecule has 2 aliphatic heterocycles. The van der Waals surface area contributed by atoms with Crippen LogP contribution in [0.2, 0.25) is 0 Å². The third-order valence-corrected chi connectivity index (χ3v) is 7.52. The molecule has 2 aromatic carbocycles. The van der Waals surface area contributed by atoms with Crippen molar-refractivity contribution >= 4 is 23.8 Å². The average Bonchev–Trinajstić information content (AvgIpc) is 3.23. The zero-order chi connectivity index (χ0) is 30.2. The van der Waals surface area contributed by atoms with Gasteiger partial charge in [-0.2, -0.15) is 0 Å². The first-order chi connectivity index (χ1) is 19.2. The number of carbonyl (C=O) groups is 3. The Bertz CT molecular complexity index is 1310. The van der Waals surface area contributed by atoms with Crippen molar-refractivity contribution in [1.29, 1.82) is 0 Å². The highest BCUT2D eigenvalue weighted by atomic mass is 19.1. The Hall–Kier alpha value is -3.38. The number of ether oxygens (including phenoxy) is 1. The van der Waals surface area contributed by atoms with Gasteiger partial charge in [0.05, 0.1) is 11.2 Å². The molecule has 0 spiro atoms. The van der Waals surface area contributed by atoms with Crippen LogP contribution >= 0.6 is 0 Å². The minimum atomic E-state index is -2.36. The molecule has 1 unspecified atom stereocenters. The van der Waals surface area contributed by atoms with E-state index in [2.05, 4.69) is 10.6 Å². The number of morpholine rings is 1. The summed E-state index contributed by atoms with van der Waals surface area (Å²) in [6.45, 7) is 8.15. The van der Waals surface area contributed by atoms with Crippen LogP contribution in [0.25, 0.3) is 0 Å². The van der Waals surface area contributed by atoms with Gasteiger partial charge < -0.3 is 35.3 Å². The Morgan fingerprint density at radius 1 is 1.17 bits per heavy atom. The average molecular weight is 571 g/mol. The second-order valence-electron chi connectivity index (χ2n) is 11.9. The predicted octanol–water partition coefficient (Wildman–Crippen LogP) is 2.47. The number of likely N-dealkylation sites (N-methyl/N-ethyl adjacent to an activating group) is 1. The van der Waals surface area contributed by atoms with Crippen LogP contribution < -0.4 is 10.6 Å². The summed E-state index contributed by atoms with van der Waals surface area (Å²) in [7, 11) is 1.48. The molecule has 0 radical (unpaired) electrons. The van der Waals surface area contributed by atoms with Gasteiger partial charge in [0.1, 0.15) is 18.1 Å². The molecule has 2 aliphatic rings. The second kappa shape index (κ2) is 11.5. The van der Waals surface area contributed by atoms with Gasteiger partial charge in [0.25, 0.3) is 11.8 Å². The SMILES string of the molecule is CNC(=O)C(CCC=O)N1Cc2c(NCc3cc(C(O)(O)N4CC(C)(C)OC(C)(C)C4)ccc3F)cccc2C1=O. The summed E-state index contributed by atoms with van der Waals surface area (Å²) in [5.74, 6) is -3.57. The van der Waals surface area contributed by atoms with Crippen molar-refractivity contribution in [3.05, 3.63) is 64.5 Å². The van der Waals surface area contributed by atoms with E-state index in [1.54, 1.807) is 18.2 Å². The van der Waals surface area contributed by atoms with Gasteiger partial charge in [0.2, 0.25) is 5.91 Å². The minimum Gasteiger partial charge on any atom is -0.381 e. The van der Waals surface area contributed by atoms with E-state index in [-0.39, 0.29) is 62.0 Å². The summed E-state index contributed by atoms with van der Waals surface area (Å²) in [6, 6.07) is 8.29. The zero-order valence-electron chi connectivity index (χ0n) is 24.2. The van der Waals surface area contributed by atoms with Crippen LogP contribution in [-0.4, -0.2) is 75.5 Å². The fourth-order valence-corrected chi connectivity index (χ4v) is 5.89. The summed E-state index contributed by atoms with van der Waals surface area (Å²) in [6.07, 6.45) is 1.05. The number of fused-ring (bicyclic) bond motifs is 1. The maximum atomic E-state index is 14.9. The molecule has 2 aromatic rings. The van der Waals surface area contributed by atoms with E-state index in [0.717, 1.165) is 0 Å². The van der Waals surface area contributed by atoms with Crippen LogP contribution in [0.5, 0.6) is 0 Å². The number of benzene rings is 2. The molecular weight excluding hydrogens is 531 g/mol. The van der Waals surface area contributed by atoms with Gasteiger partial charge >= 0.3 is 0 Å². The molecule has 2 amide bonds. The number of nitrogens with one attached hydrogen (secondary N) is 2. The first-order valence-electron chi connectivity index (χ1n) is 13.7. The summed E-state index contributed by atoms with van der Waals surface area (Å²) < 4.78 is 21.0. The Morgan fingerprint density at radius 2 is 1.85 bits per heavy atom. The molecule has 2 heterocycles. The Kier molecular flexibility index (Phi) is 8.56. The van der Waals surface area contributed by atoms with Crippen LogP contribution in [-0.2, 0) is 33.3 Å². The summed E-state index contributed by atoms with van der Waals surface area (Å²) >= 11 is 0. The molecular formula is C30H39FN4O6. The molecule has 0 bridgehead atoms. The Balaban J connectivity index is 1.55. The Morgan fingerprint density at radius 3 is 2.49 bits per heavy atom. The summed E-state index contributed by atoms with van der Waals surface area (Å²) in [5, 5.41) is 28.2. The zero-order valence-corrected chi connectivity index (χ0v) is 24.2.